The Balaban J connectivity index is 1.27. The van der Waals surface area contributed by atoms with Crippen molar-refractivity contribution in [3.8, 4) is 0 Å². The molecule has 7 nitrogen and oxygen atoms in total. The number of rotatable bonds is 2. The van der Waals surface area contributed by atoms with Gasteiger partial charge in [0.2, 0.25) is 5.95 Å². The summed E-state index contributed by atoms with van der Waals surface area (Å²) in [6, 6.07) is 0.640. The summed E-state index contributed by atoms with van der Waals surface area (Å²) in [7, 11) is 3.99. The van der Waals surface area contributed by atoms with E-state index < -0.39 is 0 Å². The van der Waals surface area contributed by atoms with Crippen molar-refractivity contribution >= 4 is 5.95 Å². The fourth-order valence-corrected chi connectivity index (χ4v) is 5.44. The van der Waals surface area contributed by atoms with E-state index in [0.717, 1.165) is 89.5 Å². The van der Waals surface area contributed by atoms with E-state index in [1.165, 1.54) is 5.56 Å². The number of hydrogen-bond acceptors (Lipinski definition) is 7. The lowest BCUT2D eigenvalue weighted by Crippen LogP contribution is -2.52. The maximum atomic E-state index is 6.40. The first-order chi connectivity index (χ1) is 13.6. The fourth-order valence-electron chi connectivity index (χ4n) is 5.44. The summed E-state index contributed by atoms with van der Waals surface area (Å²) in [5.74, 6) is 0.513. The predicted molar refractivity (Wildman–Crippen MR) is 105 cm³/mol. The molecule has 28 heavy (non-hydrogen) atoms. The SMILES string of the molecule is CN(C)c1ncc2c(n1)C1(CCN(C3CCC4(CC3)OCCO4)CC1)OCC2. The molecule has 0 radical (unpaired) electrons. The summed E-state index contributed by atoms with van der Waals surface area (Å²) in [4.78, 5) is 14.1. The van der Waals surface area contributed by atoms with Gasteiger partial charge in [0, 0.05) is 52.3 Å². The molecule has 2 spiro atoms. The Bertz CT molecular complexity index is 702. The van der Waals surface area contributed by atoms with E-state index in [1.807, 2.05) is 25.2 Å². The molecule has 1 aromatic heterocycles. The lowest BCUT2D eigenvalue weighted by atomic mass is 9.81. The average Bonchev–Trinajstić information content (AvgIpc) is 3.17. The Hall–Kier alpha value is -1.28. The van der Waals surface area contributed by atoms with Gasteiger partial charge in [-0.2, -0.15) is 0 Å². The molecule has 0 bridgehead atoms. The molecular formula is C21H32N4O3. The van der Waals surface area contributed by atoms with E-state index in [9.17, 15) is 0 Å². The van der Waals surface area contributed by atoms with Crippen LogP contribution in [0.15, 0.2) is 6.20 Å². The Morgan fingerprint density at radius 2 is 1.71 bits per heavy atom. The van der Waals surface area contributed by atoms with E-state index >= 15 is 0 Å². The van der Waals surface area contributed by atoms with E-state index in [2.05, 4.69) is 9.88 Å². The monoisotopic (exact) mass is 388 g/mol. The van der Waals surface area contributed by atoms with Gasteiger partial charge < -0.3 is 24.0 Å². The van der Waals surface area contributed by atoms with Crippen LogP contribution >= 0.6 is 0 Å². The topological polar surface area (TPSA) is 60.0 Å². The maximum Gasteiger partial charge on any atom is 0.225 e. The molecular weight excluding hydrogens is 356 g/mol. The van der Waals surface area contributed by atoms with E-state index in [-0.39, 0.29) is 11.4 Å². The van der Waals surface area contributed by atoms with Gasteiger partial charge in [-0.05, 0) is 37.7 Å². The van der Waals surface area contributed by atoms with Crippen LogP contribution in [0.25, 0.3) is 0 Å². The molecule has 1 aromatic rings. The fraction of sp³-hybridized carbons (Fsp3) is 0.810. The third-order valence-electron chi connectivity index (χ3n) is 7.09. The highest BCUT2D eigenvalue weighted by Crippen LogP contribution is 2.43. The van der Waals surface area contributed by atoms with Crippen molar-refractivity contribution < 1.29 is 14.2 Å². The smallest absolute Gasteiger partial charge is 0.225 e. The largest absolute Gasteiger partial charge is 0.368 e. The van der Waals surface area contributed by atoms with Crippen LogP contribution < -0.4 is 4.90 Å². The summed E-state index contributed by atoms with van der Waals surface area (Å²) in [6.07, 6.45) is 9.33. The number of piperidine rings is 1. The highest BCUT2D eigenvalue weighted by molar-refractivity contribution is 5.35. The van der Waals surface area contributed by atoms with Crippen molar-refractivity contribution in [3.05, 3.63) is 17.5 Å². The van der Waals surface area contributed by atoms with Crippen molar-refractivity contribution in [3.63, 3.8) is 0 Å². The third kappa shape index (κ3) is 3.22. The Morgan fingerprint density at radius 1 is 1.00 bits per heavy atom. The van der Waals surface area contributed by atoms with Crippen LogP contribution in [0, 0.1) is 0 Å². The second kappa shape index (κ2) is 7.20. The Morgan fingerprint density at radius 3 is 2.39 bits per heavy atom. The summed E-state index contributed by atoms with van der Waals surface area (Å²) >= 11 is 0. The lowest BCUT2D eigenvalue weighted by Gasteiger charge is -2.48. The molecule has 0 unspecified atom stereocenters. The standard InChI is InChI=1S/C21H32N4O3/c1-24(2)19-22-15-16-5-12-26-20(18(16)23-19)8-10-25(11-9-20)17-3-6-21(7-4-17)27-13-14-28-21/h15,17H,3-14H2,1-2H3. The number of fused-ring (bicyclic) bond motifs is 2. The molecule has 0 aromatic carbocycles. The van der Waals surface area contributed by atoms with Gasteiger partial charge in [0.15, 0.2) is 5.79 Å². The summed E-state index contributed by atoms with van der Waals surface area (Å²) in [5.41, 5.74) is 2.17. The number of aromatic nitrogens is 2. The summed E-state index contributed by atoms with van der Waals surface area (Å²) in [6.45, 7) is 4.42. The first kappa shape index (κ1) is 18.7. The number of likely N-dealkylation sites (tertiary alicyclic amines) is 1. The molecule has 1 saturated carbocycles. The number of hydrogen-bond donors (Lipinski definition) is 0. The minimum Gasteiger partial charge on any atom is -0.368 e. The van der Waals surface area contributed by atoms with Crippen LogP contribution in [0.5, 0.6) is 0 Å². The number of anilines is 1. The molecule has 4 heterocycles. The normalized spacial score (nSPS) is 27.2. The summed E-state index contributed by atoms with van der Waals surface area (Å²) in [5, 5.41) is 0. The zero-order chi connectivity index (χ0) is 19.2. The van der Waals surface area contributed by atoms with Gasteiger partial charge in [0.05, 0.1) is 25.5 Å². The van der Waals surface area contributed by atoms with Crippen LogP contribution in [0.3, 0.4) is 0 Å². The summed E-state index contributed by atoms with van der Waals surface area (Å²) < 4.78 is 18.2. The van der Waals surface area contributed by atoms with Crippen LogP contribution in [-0.4, -0.2) is 73.7 Å². The zero-order valence-corrected chi connectivity index (χ0v) is 17.2. The van der Waals surface area contributed by atoms with Crippen molar-refractivity contribution in [1.82, 2.24) is 14.9 Å². The molecule has 0 atom stereocenters. The molecule has 0 amide bonds. The van der Waals surface area contributed by atoms with Crippen LogP contribution in [-0.2, 0) is 26.2 Å². The van der Waals surface area contributed by atoms with Gasteiger partial charge in [-0.25, -0.2) is 9.97 Å². The van der Waals surface area contributed by atoms with Gasteiger partial charge in [-0.15, -0.1) is 0 Å². The Labute approximate surface area is 167 Å². The van der Waals surface area contributed by atoms with Crippen molar-refractivity contribution in [2.24, 2.45) is 0 Å². The molecule has 3 aliphatic heterocycles. The highest BCUT2D eigenvalue weighted by atomic mass is 16.7. The van der Waals surface area contributed by atoms with Gasteiger partial charge >= 0.3 is 0 Å². The highest BCUT2D eigenvalue weighted by Gasteiger charge is 2.46. The van der Waals surface area contributed by atoms with Crippen LogP contribution in [0.4, 0.5) is 5.95 Å². The molecule has 7 heteroatoms. The molecule has 0 N–H and O–H groups in total. The van der Waals surface area contributed by atoms with Gasteiger partial charge in [0.1, 0.15) is 5.60 Å². The van der Waals surface area contributed by atoms with Gasteiger partial charge in [-0.1, -0.05) is 0 Å². The number of nitrogens with zero attached hydrogens (tertiary/aromatic N) is 4. The average molecular weight is 389 g/mol. The molecule has 4 aliphatic rings. The van der Waals surface area contributed by atoms with E-state index in [4.69, 9.17) is 19.2 Å². The van der Waals surface area contributed by atoms with Crippen molar-refractivity contribution in [2.45, 2.75) is 62.4 Å². The quantitative estimate of drug-likeness (QED) is 0.769. The molecule has 2 saturated heterocycles. The van der Waals surface area contributed by atoms with Crippen molar-refractivity contribution in [2.75, 3.05) is 51.9 Å². The predicted octanol–water partition coefficient (Wildman–Crippen LogP) is 2.09. The van der Waals surface area contributed by atoms with Crippen LogP contribution in [0.2, 0.25) is 0 Å². The maximum absolute atomic E-state index is 6.40. The molecule has 5 rings (SSSR count). The van der Waals surface area contributed by atoms with Crippen molar-refractivity contribution in [1.29, 1.82) is 0 Å². The van der Waals surface area contributed by atoms with Crippen LogP contribution in [0.1, 0.15) is 49.8 Å². The second-order valence-electron chi connectivity index (χ2n) is 8.91. The van der Waals surface area contributed by atoms with Gasteiger partial charge in [0.25, 0.3) is 0 Å². The molecule has 1 aliphatic carbocycles. The van der Waals surface area contributed by atoms with E-state index in [1.54, 1.807) is 0 Å². The number of ether oxygens (including phenoxy) is 3. The van der Waals surface area contributed by atoms with Gasteiger partial charge in [-0.3, -0.25) is 0 Å². The Kier molecular flexibility index (Phi) is 4.82. The second-order valence-corrected chi connectivity index (χ2v) is 8.91. The third-order valence-corrected chi connectivity index (χ3v) is 7.09. The molecule has 3 fully saturated rings. The first-order valence-corrected chi connectivity index (χ1v) is 10.8. The molecule has 154 valence electrons. The zero-order valence-electron chi connectivity index (χ0n) is 17.2. The minimum absolute atomic E-state index is 0.231. The minimum atomic E-state index is -0.265. The lowest BCUT2D eigenvalue weighted by molar-refractivity contribution is -0.186. The van der Waals surface area contributed by atoms with E-state index in [0.29, 0.717) is 6.04 Å². The first-order valence-electron chi connectivity index (χ1n) is 10.8.